The van der Waals surface area contributed by atoms with Crippen LogP contribution in [0, 0.1) is 0 Å². The number of thiophene rings is 1. The molecule has 0 aromatic carbocycles. The summed E-state index contributed by atoms with van der Waals surface area (Å²) in [5.41, 5.74) is 5.68. The molecule has 1 atom stereocenters. The molecule has 5 nitrogen and oxygen atoms in total. The molecule has 1 saturated heterocycles. The second kappa shape index (κ2) is 5.85. The number of nitrogens with zero attached hydrogens (tertiary/aromatic N) is 2. The zero-order valence-corrected chi connectivity index (χ0v) is 13.5. The van der Waals surface area contributed by atoms with Gasteiger partial charge in [-0.3, -0.25) is 0 Å². The van der Waals surface area contributed by atoms with Gasteiger partial charge >= 0.3 is 0 Å². The van der Waals surface area contributed by atoms with Crippen molar-refractivity contribution in [2.75, 3.05) is 33.2 Å². The molecule has 0 saturated carbocycles. The maximum atomic E-state index is 12.6. The first-order valence-electron chi connectivity index (χ1n) is 5.71. The highest BCUT2D eigenvalue weighted by Crippen LogP contribution is 2.36. The summed E-state index contributed by atoms with van der Waals surface area (Å²) in [4.78, 5) is 2.14. The predicted octanol–water partition coefficient (Wildman–Crippen LogP) is 1.32. The Morgan fingerprint density at radius 3 is 2.68 bits per heavy atom. The number of nitrogens with two attached hydrogens (primary N) is 1. The fourth-order valence-corrected chi connectivity index (χ4v) is 5.86. The summed E-state index contributed by atoms with van der Waals surface area (Å²) in [6, 6.07) is 1.16. The average molecular weight is 344 g/mol. The minimum absolute atomic E-state index is 0.0761. The van der Waals surface area contributed by atoms with Crippen molar-refractivity contribution in [1.29, 1.82) is 0 Å². The normalized spacial score (nSPS) is 22.8. The summed E-state index contributed by atoms with van der Waals surface area (Å²) in [6.45, 7) is 1.97. The van der Waals surface area contributed by atoms with Crippen molar-refractivity contribution >= 4 is 44.6 Å². The zero-order chi connectivity index (χ0) is 14.2. The lowest BCUT2D eigenvalue weighted by Gasteiger charge is -2.38. The molecule has 0 radical (unpaired) electrons. The lowest BCUT2D eigenvalue weighted by Crippen LogP contribution is -2.56. The number of hydrogen-bond acceptors (Lipinski definition) is 5. The summed E-state index contributed by atoms with van der Waals surface area (Å²) in [7, 11) is -1.69. The largest absolute Gasteiger partial charge is 0.329 e. The van der Waals surface area contributed by atoms with Crippen LogP contribution in [0.25, 0.3) is 0 Å². The third kappa shape index (κ3) is 3.07. The molecule has 1 aromatic rings. The summed E-state index contributed by atoms with van der Waals surface area (Å²) in [5, 5.41) is 0. The SMILES string of the molecule is CN1CCN(S(=O)(=O)c2cc(Cl)sc2Cl)C(CN)C1. The highest BCUT2D eigenvalue weighted by molar-refractivity contribution is 7.89. The van der Waals surface area contributed by atoms with Crippen molar-refractivity contribution in [2.45, 2.75) is 10.9 Å². The van der Waals surface area contributed by atoms with Crippen LogP contribution in [0.5, 0.6) is 0 Å². The number of piperazine rings is 1. The molecule has 0 amide bonds. The van der Waals surface area contributed by atoms with Crippen LogP contribution in [0.2, 0.25) is 8.67 Å². The molecule has 2 rings (SSSR count). The van der Waals surface area contributed by atoms with Gasteiger partial charge in [-0.2, -0.15) is 4.31 Å². The second-order valence-electron chi connectivity index (χ2n) is 4.46. The van der Waals surface area contributed by atoms with Gasteiger partial charge in [0.1, 0.15) is 9.23 Å². The van der Waals surface area contributed by atoms with E-state index in [0.717, 1.165) is 11.3 Å². The molecule has 108 valence electrons. The first-order valence-corrected chi connectivity index (χ1v) is 8.72. The highest BCUT2D eigenvalue weighted by atomic mass is 35.5. The molecule has 1 aliphatic heterocycles. The highest BCUT2D eigenvalue weighted by Gasteiger charge is 2.36. The maximum Gasteiger partial charge on any atom is 0.245 e. The van der Waals surface area contributed by atoms with Crippen LogP contribution in [-0.2, 0) is 10.0 Å². The Kier molecular flexibility index (Phi) is 4.77. The van der Waals surface area contributed by atoms with Gasteiger partial charge in [0.25, 0.3) is 0 Å². The molecular formula is C10H15Cl2N3O2S2. The molecule has 0 aliphatic carbocycles. The van der Waals surface area contributed by atoms with Crippen molar-refractivity contribution < 1.29 is 8.42 Å². The summed E-state index contributed by atoms with van der Waals surface area (Å²) in [5.74, 6) is 0. The van der Waals surface area contributed by atoms with Crippen LogP contribution >= 0.6 is 34.5 Å². The number of halogens is 2. The average Bonchev–Trinajstić information content (AvgIpc) is 2.68. The Balaban J connectivity index is 2.36. The maximum absolute atomic E-state index is 12.6. The number of sulfonamides is 1. The van der Waals surface area contributed by atoms with E-state index in [2.05, 4.69) is 4.90 Å². The van der Waals surface area contributed by atoms with Crippen LogP contribution in [0.4, 0.5) is 0 Å². The van der Waals surface area contributed by atoms with Crippen LogP contribution in [0.3, 0.4) is 0 Å². The Morgan fingerprint density at radius 1 is 1.47 bits per heavy atom. The van der Waals surface area contributed by atoms with Gasteiger partial charge in [-0.05, 0) is 13.1 Å². The molecule has 1 aromatic heterocycles. The minimum atomic E-state index is -3.64. The Labute approximate surface area is 126 Å². The van der Waals surface area contributed by atoms with E-state index in [0.29, 0.717) is 24.0 Å². The third-order valence-electron chi connectivity index (χ3n) is 3.12. The summed E-state index contributed by atoms with van der Waals surface area (Å²) >= 11 is 12.8. The van der Waals surface area contributed by atoms with Crippen LogP contribution < -0.4 is 5.73 Å². The lowest BCUT2D eigenvalue weighted by molar-refractivity contribution is 0.164. The second-order valence-corrected chi connectivity index (χ2v) is 8.60. The van der Waals surface area contributed by atoms with E-state index in [1.54, 1.807) is 0 Å². The first-order chi connectivity index (χ1) is 8.86. The Hall–Kier alpha value is 0.110. The minimum Gasteiger partial charge on any atom is -0.329 e. The van der Waals surface area contributed by atoms with Crippen molar-refractivity contribution in [3.63, 3.8) is 0 Å². The van der Waals surface area contributed by atoms with E-state index < -0.39 is 10.0 Å². The van der Waals surface area contributed by atoms with Gasteiger partial charge in [-0.15, -0.1) is 11.3 Å². The van der Waals surface area contributed by atoms with Crippen LogP contribution in [0.15, 0.2) is 11.0 Å². The fourth-order valence-electron chi connectivity index (χ4n) is 2.13. The standard InChI is InChI=1S/C10H15Cl2N3O2S2/c1-14-2-3-15(7(5-13)6-14)19(16,17)8-4-9(11)18-10(8)12/h4,7H,2-3,5-6,13H2,1H3. The summed E-state index contributed by atoms with van der Waals surface area (Å²) < 4.78 is 27.2. The van der Waals surface area contributed by atoms with E-state index in [1.165, 1.54) is 10.4 Å². The molecular weight excluding hydrogens is 329 g/mol. The Morgan fingerprint density at radius 2 is 2.16 bits per heavy atom. The Bertz CT molecular complexity index is 561. The lowest BCUT2D eigenvalue weighted by atomic mass is 10.2. The zero-order valence-electron chi connectivity index (χ0n) is 10.3. The quantitative estimate of drug-likeness (QED) is 0.898. The molecule has 1 fully saturated rings. The van der Waals surface area contributed by atoms with Crippen molar-refractivity contribution in [2.24, 2.45) is 5.73 Å². The molecule has 9 heteroatoms. The van der Waals surface area contributed by atoms with E-state index in [9.17, 15) is 8.42 Å². The monoisotopic (exact) mass is 343 g/mol. The van der Waals surface area contributed by atoms with E-state index in [-0.39, 0.29) is 21.8 Å². The smallest absolute Gasteiger partial charge is 0.245 e. The number of likely N-dealkylation sites (N-methyl/N-ethyl adjacent to an activating group) is 1. The summed E-state index contributed by atoms with van der Waals surface area (Å²) in [6.07, 6.45) is 0. The van der Waals surface area contributed by atoms with Crippen LogP contribution in [-0.4, -0.2) is 56.9 Å². The first kappa shape index (κ1) is 15.5. The van der Waals surface area contributed by atoms with Gasteiger partial charge in [0.2, 0.25) is 10.0 Å². The van der Waals surface area contributed by atoms with Crippen molar-refractivity contribution in [1.82, 2.24) is 9.21 Å². The molecule has 1 aliphatic rings. The van der Waals surface area contributed by atoms with Crippen molar-refractivity contribution in [3.05, 3.63) is 14.7 Å². The van der Waals surface area contributed by atoms with E-state index in [4.69, 9.17) is 28.9 Å². The third-order valence-corrected chi connectivity index (χ3v) is 6.82. The van der Waals surface area contributed by atoms with Crippen LogP contribution in [0.1, 0.15) is 0 Å². The van der Waals surface area contributed by atoms with Gasteiger partial charge in [0.15, 0.2) is 0 Å². The van der Waals surface area contributed by atoms with E-state index in [1.807, 2.05) is 7.05 Å². The van der Waals surface area contributed by atoms with Gasteiger partial charge in [-0.1, -0.05) is 23.2 Å². The number of rotatable bonds is 3. The van der Waals surface area contributed by atoms with Gasteiger partial charge < -0.3 is 10.6 Å². The molecule has 1 unspecified atom stereocenters. The van der Waals surface area contributed by atoms with Gasteiger partial charge in [-0.25, -0.2) is 8.42 Å². The predicted molar refractivity (Wildman–Crippen MR) is 78.6 cm³/mol. The fraction of sp³-hybridized carbons (Fsp3) is 0.600. The molecule has 2 N–H and O–H groups in total. The molecule has 0 spiro atoms. The molecule has 19 heavy (non-hydrogen) atoms. The van der Waals surface area contributed by atoms with Crippen molar-refractivity contribution in [3.8, 4) is 0 Å². The van der Waals surface area contributed by atoms with Gasteiger partial charge in [0, 0.05) is 26.2 Å². The van der Waals surface area contributed by atoms with Gasteiger partial charge in [0.05, 0.1) is 10.4 Å². The topological polar surface area (TPSA) is 66.6 Å². The molecule has 0 bridgehead atoms. The molecule has 2 heterocycles. The number of hydrogen-bond donors (Lipinski definition) is 1. The van der Waals surface area contributed by atoms with E-state index >= 15 is 0 Å².